The number of nitrogens with zero attached hydrogens (tertiary/aromatic N) is 1. The van der Waals surface area contributed by atoms with E-state index in [0.717, 1.165) is 31.0 Å². The van der Waals surface area contributed by atoms with Gasteiger partial charge in [-0.1, -0.05) is 60.7 Å². The van der Waals surface area contributed by atoms with Gasteiger partial charge in [-0.2, -0.15) is 0 Å². The summed E-state index contributed by atoms with van der Waals surface area (Å²) in [5.74, 6) is 3.33. The Balaban J connectivity index is 0.00000280. The molecule has 0 heterocycles. The first-order valence-electron chi connectivity index (χ1n) is 13.3. The largest absolute Gasteiger partial charge is 0.493 e. The predicted molar refractivity (Wildman–Crippen MR) is 150 cm³/mol. The van der Waals surface area contributed by atoms with Gasteiger partial charge in [-0.25, -0.2) is 0 Å². The molecule has 0 saturated heterocycles. The SMILES string of the molecule is COc1cc2c(cc1OC)[C@]1(CC[C@H]3[C@H](CN(Cc4ccccc4)[C@H](C)c4ccccc4)[C@H]31)[C@H](O)C2.Cl. The molecule has 196 valence electrons. The number of aliphatic hydroxyl groups is 1. The summed E-state index contributed by atoms with van der Waals surface area (Å²) in [5.41, 5.74) is 5.08. The first-order valence-corrected chi connectivity index (χ1v) is 13.3. The van der Waals surface area contributed by atoms with Crippen LogP contribution in [0.4, 0.5) is 0 Å². The normalized spacial score (nSPS) is 27.9. The van der Waals surface area contributed by atoms with Crippen molar-refractivity contribution in [2.75, 3.05) is 20.8 Å². The number of benzene rings is 3. The molecule has 6 atom stereocenters. The number of aliphatic hydroxyl groups excluding tert-OH is 1. The molecule has 37 heavy (non-hydrogen) atoms. The number of hydrogen-bond donors (Lipinski definition) is 1. The van der Waals surface area contributed by atoms with Gasteiger partial charge in [-0.3, -0.25) is 4.90 Å². The molecule has 0 radical (unpaired) electrons. The maximum absolute atomic E-state index is 11.5. The van der Waals surface area contributed by atoms with E-state index in [1.54, 1.807) is 14.2 Å². The summed E-state index contributed by atoms with van der Waals surface area (Å²) in [4.78, 5) is 2.65. The van der Waals surface area contributed by atoms with Crippen LogP contribution in [0.15, 0.2) is 72.8 Å². The van der Waals surface area contributed by atoms with Crippen molar-refractivity contribution in [2.45, 2.75) is 50.3 Å². The van der Waals surface area contributed by atoms with Crippen molar-refractivity contribution in [3.63, 3.8) is 0 Å². The number of ether oxygens (including phenoxy) is 2. The van der Waals surface area contributed by atoms with Crippen LogP contribution < -0.4 is 9.47 Å². The van der Waals surface area contributed by atoms with Gasteiger partial charge in [-0.15, -0.1) is 12.4 Å². The van der Waals surface area contributed by atoms with Crippen LogP contribution in [0.25, 0.3) is 0 Å². The zero-order chi connectivity index (χ0) is 24.9. The average molecular weight is 520 g/mol. The van der Waals surface area contributed by atoms with E-state index in [-0.39, 0.29) is 23.9 Å². The Bertz CT molecular complexity index is 1220. The van der Waals surface area contributed by atoms with Crippen LogP contribution in [0.3, 0.4) is 0 Å². The van der Waals surface area contributed by atoms with Crippen molar-refractivity contribution < 1.29 is 14.6 Å². The number of methoxy groups -OCH3 is 2. The van der Waals surface area contributed by atoms with Crippen molar-refractivity contribution >= 4 is 12.4 Å². The number of halogens is 1. The lowest BCUT2D eigenvalue weighted by Crippen LogP contribution is -2.39. The Kier molecular flexibility index (Phi) is 7.28. The fourth-order valence-corrected chi connectivity index (χ4v) is 7.61. The third-order valence-electron chi connectivity index (χ3n) is 9.44. The summed E-state index contributed by atoms with van der Waals surface area (Å²) in [5, 5.41) is 11.5. The zero-order valence-corrected chi connectivity index (χ0v) is 22.8. The molecule has 2 saturated carbocycles. The van der Waals surface area contributed by atoms with Gasteiger partial charge in [0.2, 0.25) is 0 Å². The fraction of sp³-hybridized carbons (Fsp3) is 0.438. The summed E-state index contributed by atoms with van der Waals surface area (Å²) in [6.07, 6.45) is 2.63. The Morgan fingerprint density at radius 2 is 1.62 bits per heavy atom. The lowest BCUT2D eigenvalue weighted by molar-refractivity contribution is 0.0748. The van der Waals surface area contributed by atoms with Gasteiger partial charge in [0, 0.05) is 24.5 Å². The molecule has 5 heteroatoms. The highest BCUT2D eigenvalue weighted by molar-refractivity contribution is 5.85. The lowest BCUT2D eigenvalue weighted by Gasteiger charge is -2.35. The molecule has 0 amide bonds. The second-order valence-electron chi connectivity index (χ2n) is 11.0. The van der Waals surface area contributed by atoms with Crippen LogP contribution in [-0.4, -0.2) is 36.9 Å². The maximum atomic E-state index is 11.5. The molecular weight excluding hydrogens is 482 g/mol. The molecular formula is C32H38ClNO3. The Morgan fingerprint density at radius 1 is 0.973 bits per heavy atom. The van der Waals surface area contributed by atoms with Crippen LogP contribution in [-0.2, 0) is 18.4 Å². The van der Waals surface area contributed by atoms with E-state index in [2.05, 4.69) is 84.6 Å². The first kappa shape index (κ1) is 26.1. The highest BCUT2D eigenvalue weighted by atomic mass is 35.5. The molecule has 4 nitrogen and oxygen atoms in total. The summed E-state index contributed by atoms with van der Waals surface area (Å²) >= 11 is 0. The third-order valence-corrected chi connectivity index (χ3v) is 9.44. The number of hydrogen-bond acceptors (Lipinski definition) is 4. The van der Waals surface area contributed by atoms with E-state index in [1.807, 2.05) is 0 Å². The highest BCUT2D eigenvalue weighted by Crippen LogP contribution is 2.70. The smallest absolute Gasteiger partial charge is 0.161 e. The van der Waals surface area contributed by atoms with Crippen LogP contribution in [0, 0.1) is 17.8 Å². The van der Waals surface area contributed by atoms with Gasteiger partial charge in [-0.05, 0) is 78.3 Å². The van der Waals surface area contributed by atoms with Crippen molar-refractivity contribution in [3.05, 3.63) is 95.1 Å². The topological polar surface area (TPSA) is 41.9 Å². The predicted octanol–water partition coefficient (Wildman–Crippen LogP) is 6.20. The van der Waals surface area contributed by atoms with Crippen LogP contribution >= 0.6 is 12.4 Å². The lowest BCUT2D eigenvalue weighted by atomic mass is 9.74. The average Bonchev–Trinajstić information content (AvgIpc) is 3.33. The van der Waals surface area contributed by atoms with Crippen LogP contribution in [0.5, 0.6) is 11.5 Å². The van der Waals surface area contributed by atoms with Crippen molar-refractivity contribution in [1.29, 1.82) is 0 Å². The Morgan fingerprint density at radius 3 is 2.30 bits per heavy atom. The fourth-order valence-electron chi connectivity index (χ4n) is 7.61. The second-order valence-corrected chi connectivity index (χ2v) is 11.0. The monoisotopic (exact) mass is 519 g/mol. The first-order chi connectivity index (χ1) is 17.6. The molecule has 3 aromatic carbocycles. The Labute approximate surface area is 227 Å². The van der Waals surface area contributed by atoms with Crippen molar-refractivity contribution in [3.8, 4) is 11.5 Å². The molecule has 3 aromatic rings. The molecule has 2 fully saturated rings. The molecule has 0 aromatic heterocycles. The molecule has 1 spiro atoms. The van der Waals surface area contributed by atoms with E-state index in [4.69, 9.17) is 9.47 Å². The van der Waals surface area contributed by atoms with Crippen molar-refractivity contribution in [2.24, 2.45) is 17.8 Å². The zero-order valence-electron chi connectivity index (χ0n) is 22.0. The Hall–Kier alpha value is -2.53. The third kappa shape index (κ3) is 4.33. The van der Waals surface area contributed by atoms with E-state index < -0.39 is 0 Å². The van der Waals surface area contributed by atoms with Crippen LogP contribution in [0.1, 0.15) is 48.1 Å². The van der Waals surface area contributed by atoms with Gasteiger partial charge >= 0.3 is 0 Å². The molecule has 3 aliphatic rings. The second kappa shape index (κ2) is 10.3. The van der Waals surface area contributed by atoms with E-state index in [1.165, 1.54) is 28.7 Å². The van der Waals surface area contributed by atoms with Gasteiger partial charge in [0.05, 0.1) is 20.3 Å². The van der Waals surface area contributed by atoms with Crippen LogP contribution in [0.2, 0.25) is 0 Å². The van der Waals surface area contributed by atoms with Gasteiger partial charge < -0.3 is 14.6 Å². The number of rotatable bonds is 8. The summed E-state index contributed by atoms with van der Waals surface area (Å²) in [6.45, 7) is 4.32. The molecule has 0 bridgehead atoms. The minimum absolute atomic E-state index is 0. The summed E-state index contributed by atoms with van der Waals surface area (Å²) in [7, 11) is 3.38. The quantitative estimate of drug-likeness (QED) is 0.385. The summed E-state index contributed by atoms with van der Waals surface area (Å²) < 4.78 is 11.2. The van der Waals surface area contributed by atoms with Crippen molar-refractivity contribution in [1.82, 2.24) is 4.90 Å². The standard InChI is InChI=1S/C32H37NO3.ClH/c1-21(23-12-8-5-9-13-23)33(19-22-10-6-4-7-11-22)20-26-25-14-15-32(31(25)26)27-18-29(36-3)28(35-2)16-24(27)17-30(32)34;/h4-13,16,18,21,25-26,30-31,34H,14-15,17,19-20H2,1-3H3;1H/t21-,25+,26+,30-,31+,32-;/m1./s1. The maximum Gasteiger partial charge on any atom is 0.161 e. The van der Waals surface area contributed by atoms with E-state index in [0.29, 0.717) is 30.2 Å². The van der Waals surface area contributed by atoms with E-state index >= 15 is 0 Å². The minimum Gasteiger partial charge on any atom is -0.493 e. The highest BCUT2D eigenvalue weighted by Gasteiger charge is 2.69. The minimum atomic E-state index is -0.335. The van der Waals surface area contributed by atoms with Gasteiger partial charge in [0.15, 0.2) is 11.5 Å². The summed E-state index contributed by atoms with van der Waals surface area (Å²) in [6, 6.07) is 26.3. The molecule has 3 aliphatic carbocycles. The molecule has 6 rings (SSSR count). The van der Waals surface area contributed by atoms with Gasteiger partial charge in [0.1, 0.15) is 0 Å². The van der Waals surface area contributed by atoms with Gasteiger partial charge in [0.25, 0.3) is 0 Å². The molecule has 0 aliphatic heterocycles. The van der Waals surface area contributed by atoms with E-state index in [9.17, 15) is 5.11 Å². The molecule has 1 N–H and O–H groups in total. The molecule has 0 unspecified atom stereocenters. The number of fused-ring (bicyclic) bond motifs is 4.